The van der Waals surface area contributed by atoms with E-state index in [4.69, 9.17) is 9.47 Å². The van der Waals surface area contributed by atoms with Gasteiger partial charge < -0.3 is 35.0 Å². The first kappa shape index (κ1) is 36.7. The van der Waals surface area contributed by atoms with Crippen LogP contribution in [0.25, 0.3) is 0 Å². The van der Waals surface area contributed by atoms with E-state index in [2.05, 4.69) is 27.4 Å². The van der Waals surface area contributed by atoms with Gasteiger partial charge in [-0.25, -0.2) is 22.4 Å². The van der Waals surface area contributed by atoms with Crippen molar-refractivity contribution in [2.75, 3.05) is 39.4 Å². The summed E-state index contributed by atoms with van der Waals surface area (Å²) in [7, 11) is 0. The topological polar surface area (TPSA) is 119 Å². The van der Waals surface area contributed by atoms with Crippen LogP contribution in [-0.2, 0) is 14.3 Å². The van der Waals surface area contributed by atoms with Crippen LogP contribution in [0.4, 0.5) is 22.4 Å². The molecule has 278 valence electrons. The Bertz CT molecular complexity index is 1190. The second-order valence-corrected chi connectivity index (χ2v) is 15.2. The second-order valence-electron chi connectivity index (χ2n) is 15.2. The number of urea groups is 1. The van der Waals surface area contributed by atoms with Crippen LogP contribution in [0.2, 0.25) is 0 Å². The van der Waals surface area contributed by atoms with E-state index in [0.717, 1.165) is 0 Å². The minimum Gasteiger partial charge on any atom is -0.388 e. The molecule has 0 aromatic rings. The largest absolute Gasteiger partial charge is 0.388 e. The van der Waals surface area contributed by atoms with E-state index in [0.29, 0.717) is 45.4 Å². The average Bonchev–Trinajstić information content (AvgIpc) is 3.06. The van der Waals surface area contributed by atoms with Gasteiger partial charge in [-0.3, -0.25) is 15.0 Å². The van der Waals surface area contributed by atoms with Crippen LogP contribution in [0.15, 0.2) is 12.7 Å². The first-order valence-corrected chi connectivity index (χ1v) is 18.1. The average molecular weight is 703 g/mol. The first-order chi connectivity index (χ1) is 23.4. The SMILES string of the molecule is C=CC(=O)N1CCN(C2NC(=O)N3C4NC(C(F)CC42)C2C(F)CCCC2OCC(O)C(OCC(F)F)C2CCNC(C(C)C)C23)[C@@H](C)C1. The second kappa shape index (κ2) is 15.3. The van der Waals surface area contributed by atoms with Crippen molar-refractivity contribution in [3.05, 3.63) is 12.7 Å². The molecule has 0 radical (unpaired) electrons. The van der Waals surface area contributed by atoms with Gasteiger partial charge in [0.1, 0.15) is 25.1 Å². The van der Waals surface area contributed by atoms with Crippen molar-refractivity contribution in [1.82, 2.24) is 30.7 Å². The van der Waals surface area contributed by atoms with Crippen LogP contribution < -0.4 is 16.0 Å². The molecule has 14 atom stereocenters. The summed E-state index contributed by atoms with van der Waals surface area (Å²) < 4.78 is 71.9. The fourth-order valence-electron chi connectivity index (χ4n) is 9.85. The molecule has 1 aliphatic carbocycles. The minimum atomic E-state index is -2.78. The van der Waals surface area contributed by atoms with Crippen LogP contribution in [0.5, 0.6) is 0 Å². The summed E-state index contributed by atoms with van der Waals surface area (Å²) in [6, 6.07) is -2.50. The number of piperazine rings is 1. The van der Waals surface area contributed by atoms with Crippen LogP contribution in [0.3, 0.4) is 0 Å². The van der Waals surface area contributed by atoms with Crippen molar-refractivity contribution in [1.29, 1.82) is 0 Å². The number of rotatable bonds is 6. The molecule has 5 saturated heterocycles. The Morgan fingerprint density at radius 1 is 1.14 bits per heavy atom. The third-order valence-electron chi connectivity index (χ3n) is 12.0. The molecule has 5 heterocycles. The normalized spacial score (nSPS) is 43.6. The van der Waals surface area contributed by atoms with Gasteiger partial charge in [0, 0.05) is 55.5 Å². The Morgan fingerprint density at radius 2 is 1.92 bits per heavy atom. The number of carbonyl (C=O) groups is 2. The van der Waals surface area contributed by atoms with E-state index in [9.17, 15) is 23.5 Å². The fourth-order valence-corrected chi connectivity index (χ4v) is 9.85. The summed E-state index contributed by atoms with van der Waals surface area (Å²) >= 11 is 0. The summed E-state index contributed by atoms with van der Waals surface area (Å²) in [5, 5.41) is 21.8. The number of alkyl halides is 4. The Morgan fingerprint density at radius 3 is 2.61 bits per heavy atom. The van der Waals surface area contributed by atoms with E-state index >= 15 is 8.78 Å². The highest BCUT2D eigenvalue weighted by atomic mass is 19.3. The maximum absolute atomic E-state index is 16.7. The number of carbonyl (C=O) groups excluding carboxylic acids is 2. The van der Waals surface area contributed by atoms with E-state index in [1.165, 1.54) is 6.08 Å². The van der Waals surface area contributed by atoms with Crippen molar-refractivity contribution in [3.8, 4) is 0 Å². The zero-order chi connectivity index (χ0) is 35.1. The van der Waals surface area contributed by atoms with Gasteiger partial charge in [-0.05, 0) is 57.6 Å². The summed E-state index contributed by atoms with van der Waals surface area (Å²) in [5.74, 6) is -2.13. The molecule has 0 spiro atoms. The van der Waals surface area contributed by atoms with E-state index < -0.39 is 91.9 Å². The summed E-state index contributed by atoms with van der Waals surface area (Å²) in [6.45, 7) is 10.2. The van der Waals surface area contributed by atoms with Gasteiger partial charge in [0.15, 0.2) is 0 Å². The fraction of sp³-hybridized carbons (Fsp3) is 0.882. The van der Waals surface area contributed by atoms with Crippen LogP contribution in [0, 0.1) is 23.7 Å². The molecule has 11 nitrogen and oxygen atoms in total. The standard InChI is InChI=1S/C34H54F4N6O5/c1-5-26(46)42-11-12-43(18(4)14-42)32-20-13-22(36)29-27-21(35)7-6-8-24(27)48-15-23(45)31(49-16-25(37)38)19-9-10-39-28(17(2)3)30(19)44(33(20)40-29)34(47)41-32/h5,17-25,27-33,39-40,45H,1,6-16H2,2-4H3,(H,41,47)/t18-,19?,20?,21?,22?,23?,24?,27?,28?,29?,30?,31?,32?,33?/m0/s1. The molecule has 5 aliphatic heterocycles. The van der Waals surface area contributed by atoms with Gasteiger partial charge in [-0.2, -0.15) is 0 Å². The Balaban J connectivity index is 1.43. The molecule has 6 aliphatic rings. The van der Waals surface area contributed by atoms with Gasteiger partial charge >= 0.3 is 6.03 Å². The summed E-state index contributed by atoms with van der Waals surface area (Å²) in [4.78, 5) is 32.6. The first-order valence-electron chi connectivity index (χ1n) is 18.1. The number of aliphatic hydroxyl groups is 1. The van der Waals surface area contributed by atoms with E-state index in [1.807, 2.05) is 20.8 Å². The lowest BCUT2D eigenvalue weighted by molar-refractivity contribution is -0.173. The third-order valence-corrected chi connectivity index (χ3v) is 12.0. The number of hydrogen-bond acceptors (Lipinski definition) is 8. The lowest BCUT2D eigenvalue weighted by Gasteiger charge is -2.61. The van der Waals surface area contributed by atoms with Gasteiger partial charge in [-0.15, -0.1) is 0 Å². The molecular formula is C34H54F4N6O5. The molecule has 15 heteroatoms. The van der Waals surface area contributed by atoms with Crippen molar-refractivity contribution >= 4 is 11.9 Å². The molecule has 3 amide bonds. The summed E-state index contributed by atoms with van der Waals surface area (Å²) in [6.07, 6.45) is -7.11. The molecule has 13 unspecified atom stereocenters. The number of hydrogen-bond donors (Lipinski definition) is 4. The summed E-state index contributed by atoms with van der Waals surface area (Å²) in [5.41, 5.74) is 0. The maximum atomic E-state index is 16.7. The molecular weight excluding hydrogens is 648 g/mol. The van der Waals surface area contributed by atoms with E-state index in [-0.39, 0.29) is 43.4 Å². The van der Waals surface area contributed by atoms with E-state index in [1.54, 1.807) is 9.80 Å². The van der Waals surface area contributed by atoms with Gasteiger partial charge in [-0.1, -0.05) is 20.4 Å². The Labute approximate surface area is 286 Å². The molecule has 6 fully saturated rings. The predicted molar refractivity (Wildman–Crippen MR) is 173 cm³/mol. The number of halogens is 4. The Hall–Kier alpha value is -2.04. The molecule has 0 aromatic heterocycles. The lowest BCUT2D eigenvalue weighted by Crippen LogP contribution is -2.80. The highest BCUT2D eigenvalue weighted by Crippen LogP contribution is 2.44. The smallest absolute Gasteiger partial charge is 0.320 e. The van der Waals surface area contributed by atoms with Crippen molar-refractivity contribution in [2.24, 2.45) is 23.7 Å². The van der Waals surface area contributed by atoms with Crippen LogP contribution in [0.1, 0.15) is 52.9 Å². The zero-order valence-electron chi connectivity index (χ0n) is 28.7. The minimum absolute atomic E-state index is 0.0180. The maximum Gasteiger partial charge on any atom is 0.320 e. The molecule has 0 aromatic carbocycles. The highest BCUT2D eigenvalue weighted by Gasteiger charge is 2.59. The third kappa shape index (κ3) is 7.21. The quantitative estimate of drug-likeness (QED) is 0.246. The zero-order valence-corrected chi connectivity index (χ0v) is 28.7. The van der Waals surface area contributed by atoms with Crippen molar-refractivity contribution in [3.63, 3.8) is 0 Å². The van der Waals surface area contributed by atoms with Gasteiger partial charge in [0.25, 0.3) is 6.43 Å². The molecule has 6 rings (SSSR count). The highest BCUT2D eigenvalue weighted by molar-refractivity contribution is 5.87. The number of nitrogens with one attached hydrogen (secondary N) is 3. The van der Waals surface area contributed by atoms with Crippen molar-refractivity contribution in [2.45, 2.75) is 126 Å². The van der Waals surface area contributed by atoms with Gasteiger partial charge in [0.05, 0.1) is 37.2 Å². The number of ether oxygens (including phenoxy) is 2. The van der Waals surface area contributed by atoms with Crippen LogP contribution >= 0.6 is 0 Å². The molecule has 1 saturated carbocycles. The number of amides is 3. The number of piperidine rings is 2. The number of nitrogens with zero attached hydrogens (tertiary/aromatic N) is 3. The number of aliphatic hydroxyl groups excluding tert-OH is 1. The lowest BCUT2D eigenvalue weighted by atomic mass is 9.71. The number of fused-ring (bicyclic) bond motifs is 5. The van der Waals surface area contributed by atoms with Crippen molar-refractivity contribution < 1.29 is 41.7 Å². The van der Waals surface area contributed by atoms with Crippen LogP contribution in [-0.4, -0.2) is 145 Å². The monoisotopic (exact) mass is 702 g/mol. The molecule has 4 N–H and O–H groups in total. The molecule has 2 bridgehead atoms. The van der Waals surface area contributed by atoms with Gasteiger partial charge in [0.2, 0.25) is 5.91 Å². The predicted octanol–water partition coefficient (Wildman–Crippen LogP) is 2.25. The Kier molecular flexibility index (Phi) is 11.5. The molecule has 49 heavy (non-hydrogen) atoms.